The maximum Gasteiger partial charge on any atom is 0.425 e. The summed E-state index contributed by atoms with van der Waals surface area (Å²) in [6, 6.07) is 9.18. The summed E-state index contributed by atoms with van der Waals surface area (Å²) in [7, 11) is 0. The SMILES string of the molecule is Cc1ccc2c(c1C)-c1ccccc1C2(O)C(F)(F)F. The standard InChI is InChI=1S/C16H13F3O/c1-9-7-8-13-14(10(9)2)11-5-3-4-6-12(11)15(13,20)16(17,18)19/h3-8,20H,1-2H3. The molecule has 0 aromatic heterocycles. The fourth-order valence-electron chi connectivity index (χ4n) is 2.93. The molecule has 1 atom stereocenters. The maximum atomic E-state index is 13.5. The van der Waals surface area contributed by atoms with Crippen LogP contribution in [0, 0.1) is 13.8 Å². The van der Waals surface area contributed by atoms with E-state index < -0.39 is 11.8 Å². The van der Waals surface area contributed by atoms with Gasteiger partial charge in [-0.15, -0.1) is 0 Å². The molecule has 4 heteroatoms. The first kappa shape index (κ1) is 13.2. The number of aliphatic hydroxyl groups is 1. The van der Waals surface area contributed by atoms with E-state index >= 15 is 0 Å². The van der Waals surface area contributed by atoms with E-state index in [1.54, 1.807) is 25.1 Å². The predicted octanol–water partition coefficient (Wildman–Crippen LogP) is 4.08. The van der Waals surface area contributed by atoms with Gasteiger partial charge in [-0.25, -0.2) is 0 Å². The molecule has 3 rings (SSSR count). The number of rotatable bonds is 0. The molecular formula is C16H13F3O. The van der Waals surface area contributed by atoms with E-state index in [9.17, 15) is 18.3 Å². The topological polar surface area (TPSA) is 20.2 Å². The lowest BCUT2D eigenvalue weighted by Gasteiger charge is -2.28. The molecule has 2 aromatic carbocycles. The molecule has 0 aliphatic heterocycles. The molecule has 1 aliphatic rings. The highest BCUT2D eigenvalue weighted by atomic mass is 19.4. The minimum Gasteiger partial charge on any atom is -0.372 e. The minimum atomic E-state index is -4.75. The van der Waals surface area contributed by atoms with E-state index in [2.05, 4.69) is 0 Å². The Hall–Kier alpha value is -1.81. The first-order valence-corrected chi connectivity index (χ1v) is 6.28. The van der Waals surface area contributed by atoms with Crippen molar-refractivity contribution in [3.63, 3.8) is 0 Å². The Bertz CT molecular complexity index is 703. The van der Waals surface area contributed by atoms with Gasteiger partial charge in [0.25, 0.3) is 0 Å². The second-order valence-corrected chi connectivity index (χ2v) is 5.18. The number of fused-ring (bicyclic) bond motifs is 3. The van der Waals surface area contributed by atoms with Crippen LogP contribution in [-0.4, -0.2) is 11.3 Å². The molecule has 0 radical (unpaired) electrons. The van der Waals surface area contributed by atoms with Crippen LogP contribution in [0.5, 0.6) is 0 Å². The highest BCUT2D eigenvalue weighted by molar-refractivity contribution is 5.83. The number of alkyl halides is 3. The molecule has 20 heavy (non-hydrogen) atoms. The Labute approximate surface area is 114 Å². The highest BCUT2D eigenvalue weighted by Crippen LogP contribution is 2.55. The Morgan fingerprint density at radius 3 is 2.25 bits per heavy atom. The molecule has 0 saturated carbocycles. The normalized spacial score (nSPS) is 20.7. The summed E-state index contributed by atoms with van der Waals surface area (Å²) in [5, 5.41) is 10.4. The van der Waals surface area contributed by atoms with Crippen molar-refractivity contribution in [1.82, 2.24) is 0 Å². The van der Waals surface area contributed by atoms with Crippen molar-refractivity contribution >= 4 is 0 Å². The van der Waals surface area contributed by atoms with Crippen LogP contribution in [-0.2, 0) is 5.60 Å². The Morgan fingerprint density at radius 1 is 0.950 bits per heavy atom. The van der Waals surface area contributed by atoms with Crippen LogP contribution in [0.25, 0.3) is 11.1 Å². The molecule has 0 heterocycles. The largest absolute Gasteiger partial charge is 0.425 e. The minimum absolute atomic E-state index is 0.0747. The van der Waals surface area contributed by atoms with Gasteiger partial charge in [0.1, 0.15) is 0 Å². The second kappa shape index (κ2) is 3.85. The lowest BCUT2D eigenvalue weighted by atomic mass is 9.89. The monoisotopic (exact) mass is 278 g/mol. The molecule has 0 saturated heterocycles. The summed E-state index contributed by atoms with van der Waals surface area (Å²) < 4.78 is 40.5. The van der Waals surface area contributed by atoms with Gasteiger partial charge >= 0.3 is 6.18 Å². The summed E-state index contributed by atoms with van der Waals surface area (Å²) in [6.07, 6.45) is -4.75. The van der Waals surface area contributed by atoms with Crippen molar-refractivity contribution in [1.29, 1.82) is 0 Å². The number of hydrogen-bond acceptors (Lipinski definition) is 1. The van der Waals surface area contributed by atoms with E-state index in [0.717, 1.165) is 11.1 Å². The van der Waals surface area contributed by atoms with Gasteiger partial charge in [-0.1, -0.05) is 36.4 Å². The van der Waals surface area contributed by atoms with Gasteiger partial charge in [0.2, 0.25) is 5.60 Å². The van der Waals surface area contributed by atoms with E-state index in [1.165, 1.54) is 18.2 Å². The highest BCUT2D eigenvalue weighted by Gasteiger charge is 2.60. The van der Waals surface area contributed by atoms with Crippen LogP contribution >= 0.6 is 0 Å². The van der Waals surface area contributed by atoms with Gasteiger partial charge in [-0.2, -0.15) is 13.2 Å². The third kappa shape index (κ3) is 1.43. The molecule has 0 bridgehead atoms. The lowest BCUT2D eigenvalue weighted by molar-refractivity contribution is -0.246. The average molecular weight is 278 g/mol. The van der Waals surface area contributed by atoms with Crippen LogP contribution in [0.2, 0.25) is 0 Å². The van der Waals surface area contributed by atoms with Gasteiger partial charge in [0.15, 0.2) is 0 Å². The summed E-state index contributed by atoms with van der Waals surface area (Å²) in [5.74, 6) is 0. The number of halogens is 3. The van der Waals surface area contributed by atoms with Crippen molar-refractivity contribution in [2.24, 2.45) is 0 Å². The van der Waals surface area contributed by atoms with E-state index in [1.807, 2.05) is 6.92 Å². The Morgan fingerprint density at radius 2 is 1.60 bits per heavy atom. The fourth-order valence-corrected chi connectivity index (χ4v) is 2.93. The second-order valence-electron chi connectivity index (χ2n) is 5.18. The molecule has 104 valence electrons. The third-order valence-electron chi connectivity index (χ3n) is 4.12. The maximum absolute atomic E-state index is 13.5. The van der Waals surface area contributed by atoms with Gasteiger partial charge in [0, 0.05) is 11.1 Å². The van der Waals surface area contributed by atoms with E-state index in [-0.39, 0.29) is 11.1 Å². The quantitative estimate of drug-likeness (QED) is 0.769. The number of benzene rings is 2. The van der Waals surface area contributed by atoms with Crippen LogP contribution < -0.4 is 0 Å². The average Bonchev–Trinajstić information content (AvgIpc) is 2.66. The van der Waals surface area contributed by atoms with Gasteiger partial charge < -0.3 is 5.11 Å². The van der Waals surface area contributed by atoms with Crippen LogP contribution in [0.3, 0.4) is 0 Å². The third-order valence-corrected chi connectivity index (χ3v) is 4.12. The van der Waals surface area contributed by atoms with E-state index in [4.69, 9.17) is 0 Å². The van der Waals surface area contributed by atoms with E-state index in [0.29, 0.717) is 11.1 Å². The summed E-state index contributed by atoms with van der Waals surface area (Å²) in [4.78, 5) is 0. The van der Waals surface area contributed by atoms with Crippen LogP contribution in [0.15, 0.2) is 36.4 Å². The first-order chi connectivity index (χ1) is 9.28. The summed E-state index contributed by atoms with van der Waals surface area (Å²) in [5.41, 5.74) is -0.438. The van der Waals surface area contributed by atoms with Crippen molar-refractivity contribution in [3.8, 4) is 11.1 Å². The fraction of sp³-hybridized carbons (Fsp3) is 0.250. The molecule has 1 unspecified atom stereocenters. The first-order valence-electron chi connectivity index (χ1n) is 6.28. The Kier molecular flexibility index (Phi) is 2.54. The molecular weight excluding hydrogens is 265 g/mol. The zero-order valence-electron chi connectivity index (χ0n) is 11.0. The molecule has 0 spiro atoms. The Balaban J connectivity index is 2.47. The summed E-state index contributed by atoms with van der Waals surface area (Å²) in [6.45, 7) is 3.64. The van der Waals surface area contributed by atoms with Gasteiger partial charge in [-0.05, 0) is 36.1 Å². The predicted molar refractivity (Wildman–Crippen MR) is 70.4 cm³/mol. The van der Waals surface area contributed by atoms with Crippen molar-refractivity contribution in [2.45, 2.75) is 25.6 Å². The summed E-state index contributed by atoms with van der Waals surface area (Å²) >= 11 is 0. The van der Waals surface area contributed by atoms with Crippen LogP contribution in [0.1, 0.15) is 22.3 Å². The zero-order valence-corrected chi connectivity index (χ0v) is 11.0. The number of aryl methyl sites for hydroxylation is 1. The zero-order chi connectivity index (χ0) is 14.7. The van der Waals surface area contributed by atoms with Crippen molar-refractivity contribution < 1.29 is 18.3 Å². The van der Waals surface area contributed by atoms with Gasteiger partial charge in [0.05, 0.1) is 0 Å². The number of hydrogen-bond donors (Lipinski definition) is 1. The smallest absolute Gasteiger partial charge is 0.372 e. The van der Waals surface area contributed by atoms with Crippen LogP contribution in [0.4, 0.5) is 13.2 Å². The van der Waals surface area contributed by atoms with Gasteiger partial charge in [-0.3, -0.25) is 0 Å². The molecule has 0 amide bonds. The molecule has 2 aromatic rings. The van der Waals surface area contributed by atoms with Crippen molar-refractivity contribution in [2.75, 3.05) is 0 Å². The lowest BCUT2D eigenvalue weighted by Crippen LogP contribution is -2.41. The van der Waals surface area contributed by atoms with Crippen molar-refractivity contribution in [3.05, 3.63) is 58.7 Å². The molecule has 1 N–H and O–H groups in total. The molecule has 1 aliphatic carbocycles. The molecule has 1 nitrogen and oxygen atoms in total. The molecule has 0 fully saturated rings.